The third-order valence-electron chi connectivity index (χ3n) is 1.72. The Morgan fingerprint density at radius 1 is 1.00 bits per heavy atom. The van der Waals surface area contributed by atoms with Crippen LogP contribution in [0.15, 0.2) is 34.7 Å². The van der Waals surface area contributed by atoms with Crippen molar-refractivity contribution in [2.75, 3.05) is 0 Å². The van der Waals surface area contributed by atoms with E-state index in [1.54, 1.807) is 12.1 Å². The minimum atomic E-state index is -0.605. The van der Waals surface area contributed by atoms with Gasteiger partial charge in [0.1, 0.15) is 17.4 Å². The summed E-state index contributed by atoms with van der Waals surface area (Å²) in [5.41, 5.74) is 0.408. The second-order valence-electron chi connectivity index (χ2n) is 2.76. The lowest BCUT2D eigenvalue weighted by molar-refractivity contribution is 0.547. The summed E-state index contributed by atoms with van der Waals surface area (Å²) in [5, 5.41) is 0. The van der Waals surface area contributed by atoms with Crippen LogP contribution < -0.4 is 0 Å². The summed E-state index contributed by atoms with van der Waals surface area (Å²) in [6.07, 6.45) is 0. The van der Waals surface area contributed by atoms with Crippen LogP contribution in [0, 0.1) is 15.4 Å². The van der Waals surface area contributed by atoms with Gasteiger partial charge in [0.25, 0.3) is 0 Å². The Hall–Kier alpha value is -0.910. The van der Waals surface area contributed by atoms with Crippen LogP contribution in [-0.4, -0.2) is 0 Å². The van der Waals surface area contributed by atoms with Gasteiger partial charge in [0, 0.05) is 11.6 Å². The molecular weight excluding hydrogens is 301 g/mol. The predicted molar refractivity (Wildman–Crippen MR) is 56.8 cm³/mol. The van der Waals surface area contributed by atoms with Crippen LogP contribution >= 0.6 is 22.6 Å². The average molecular weight is 306 g/mol. The molecule has 14 heavy (non-hydrogen) atoms. The Morgan fingerprint density at radius 3 is 2.14 bits per heavy atom. The number of furan rings is 1. The molecule has 0 atom stereocenters. The highest BCUT2D eigenvalue weighted by molar-refractivity contribution is 14.1. The van der Waals surface area contributed by atoms with Gasteiger partial charge >= 0.3 is 0 Å². The molecule has 0 unspecified atom stereocenters. The Kier molecular flexibility index (Phi) is 2.54. The summed E-state index contributed by atoms with van der Waals surface area (Å²) in [5.74, 6) is -0.745. The molecule has 0 aliphatic heterocycles. The van der Waals surface area contributed by atoms with E-state index in [2.05, 4.69) is 0 Å². The Labute approximate surface area is 92.9 Å². The molecule has 1 heterocycles. The first-order valence-corrected chi connectivity index (χ1v) is 4.95. The van der Waals surface area contributed by atoms with Crippen molar-refractivity contribution in [3.8, 4) is 11.3 Å². The lowest BCUT2D eigenvalue weighted by atomic mass is 10.1. The highest BCUT2D eigenvalue weighted by Crippen LogP contribution is 2.24. The van der Waals surface area contributed by atoms with Gasteiger partial charge in [0.2, 0.25) is 0 Å². The van der Waals surface area contributed by atoms with Gasteiger partial charge in [-0.1, -0.05) is 0 Å². The first-order valence-electron chi connectivity index (χ1n) is 3.87. The van der Waals surface area contributed by atoms with E-state index in [-0.39, 0.29) is 0 Å². The third-order valence-corrected chi connectivity index (χ3v) is 2.30. The summed E-state index contributed by atoms with van der Waals surface area (Å²) >= 11 is 1.99. The van der Waals surface area contributed by atoms with Gasteiger partial charge in [-0.25, -0.2) is 8.78 Å². The molecular formula is C10H5F2IO. The van der Waals surface area contributed by atoms with Crippen LogP contribution in [-0.2, 0) is 0 Å². The molecule has 2 aromatic rings. The molecule has 2 rings (SSSR count). The predicted octanol–water partition coefficient (Wildman–Crippen LogP) is 3.83. The molecule has 0 saturated heterocycles. The van der Waals surface area contributed by atoms with E-state index in [0.29, 0.717) is 15.1 Å². The average Bonchev–Trinajstić information content (AvgIpc) is 2.50. The maximum atomic E-state index is 12.8. The Bertz CT molecular complexity index is 445. The van der Waals surface area contributed by atoms with Gasteiger partial charge in [-0.15, -0.1) is 0 Å². The maximum Gasteiger partial charge on any atom is 0.164 e. The summed E-state index contributed by atoms with van der Waals surface area (Å²) in [4.78, 5) is 0. The zero-order valence-corrected chi connectivity index (χ0v) is 9.09. The number of hydrogen-bond donors (Lipinski definition) is 0. The summed E-state index contributed by atoms with van der Waals surface area (Å²) in [6, 6.07) is 6.71. The van der Waals surface area contributed by atoms with Crippen molar-refractivity contribution in [2.45, 2.75) is 0 Å². The lowest BCUT2D eigenvalue weighted by Gasteiger charge is -1.97. The van der Waals surface area contributed by atoms with E-state index in [1.807, 2.05) is 22.6 Å². The first kappa shape index (κ1) is 9.64. The van der Waals surface area contributed by atoms with Crippen molar-refractivity contribution in [1.29, 1.82) is 0 Å². The maximum absolute atomic E-state index is 12.8. The van der Waals surface area contributed by atoms with E-state index in [4.69, 9.17) is 4.42 Å². The standard InChI is InChI=1S/C10H5F2IO/c11-7-3-6(4-8(12)5-7)9-1-2-10(13)14-9/h1-5H. The molecule has 0 N–H and O–H groups in total. The largest absolute Gasteiger partial charge is 0.450 e. The van der Waals surface area contributed by atoms with Crippen molar-refractivity contribution in [2.24, 2.45) is 0 Å². The summed E-state index contributed by atoms with van der Waals surface area (Å²) in [7, 11) is 0. The monoisotopic (exact) mass is 306 g/mol. The quantitative estimate of drug-likeness (QED) is 0.730. The Morgan fingerprint density at radius 2 is 1.64 bits per heavy atom. The molecule has 0 bridgehead atoms. The van der Waals surface area contributed by atoms with Gasteiger partial charge in [0.15, 0.2) is 3.77 Å². The molecule has 0 radical (unpaired) electrons. The summed E-state index contributed by atoms with van der Waals surface area (Å²) < 4.78 is 31.6. The molecule has 0 aliphatic carbocycles. The van der Waals surface area contributed by atoms with Crippen molar-refractivity contribution in [3.05, 3.63) is 45.7 Å². The SMILES string of the molecule is Fc1cc(F)cc(-c2ccc(I)o2)c1. The first-order chi connectivity index (χ1) is 6.65. The van der Waals surface area contributed by atoms with E-state index < -0.39 is 11.6 Å². The van der Waals surface area contributed by atoms with E-state index >= 15 is 0 Å². The smallest absolute Gasteiger partial charge is 0.164 e. The van der Waals surface area contributed by atoms with E-state index in [0.717, 1.165) is 6.07 Å². The molecule has 0 saturated carbocycles. The second-order valence-corrected chi connectivity index (χ2v) is 3.83. The van der Waals surface area contributed by atoms with Crippen molar-refractivity contribution < 1.29 is 13.2 Å². The molecule has 1 aromatic heterocycles. The minimum absolute atomic E-state index is 0.408. The third kappa shape index (κ3) is 1.95. The van der Waals surface area contributed by atoms with Crippen LogP contribution in [0.25, 0.3) is 11.3 Å². The van der Waals surface area contributed by atoms with Gasteiger partial charge in [-0.3, -0.25) is 0 Å². The fourth-order valence-electron chi connectivity index (χ4n) is 1.17. The van der Waals surface area contributed by atoms with E-state index in [1.165, 1.54) is 12.1 Å². The molecule has 0 amide bonds. The van der Waals surface area contributed by atoms with Gasteiger partial charge < -0.3 is 4.42 Å². The molecule has 1 nitrogen and oxygen atoms in total. The molecule has 0 aliphatic rings. The van der Waals surface area contributed by atoms with E-state index in [9.17, 15) is 8.78 Å². The highest BCUT2D eigenvalue weighted by atomic mass is 127. The number of benzene rings is 1. The Balaban J connectivity index is 2.51. The van der Waals surface area contributed by atoms with Gasteiger partial charge in [-0.2, -0.15) is 0 Å². The zero-order valence-electron chi connectivity index (χ0n) is 6.93. The van der Waals surface area contributed by atoms with Crippen molar-refractivity contribution in [3.63, 3.8) is 0 Å². The number of halogens is 3. The molecule has 1 aromatic carbocycles. The minimum Gasteiger partial charge on any atom is -0.450 e. The molecule has 0 fully saturated rings. The molecule has 72 valence electrons. The normalized spacial score (nSPS) is 10.5. The van der Waals surface area contributed by atoms with Crippen molar-refractivity contribution in [1.82, 2.24) is 0 Å². The van der Waals surface area contributed by atoms with Gasteiger partial charge in [0.05, 0.1) is 0 Å². The van der Waals surface area contributed by atoms with Crippen LogP contribution in [0.3, 0.4) is 0 Å². The summed E-state index contributed by atoms with van der Waals surface area (Å²) in [6.45, 7) is 0. The van der Waals surface area contributed by atoms with Crippen LogP contribution in [0.1, 0.15) is 0 Å². The van der Waals surface area contributed by atoms with Gasteiger partial charge in [-0.05, 0) is 46.9 Å². The molecule has 0 spiro atoms. The lowest BCUT2D eigenvalue weighted by Crippen LogP contribution is -1.81. The van der Waals surface area contributed by atoms with Crippen LogP contribution in [0.4, 0.5) is 8.78 Å². The highest BCUT2D eigenvalue weighted by Gasteiger charge is 2.06. The van der Waals surface area contributed by atoms with Crippen LogP contribution in [0.2, 0.25) is 0 Å². The second kappa shape index (κ2) is 3.68. The fraction of sp³-hybridized carbons (Fsp3) is 0. The molecule has 4 heteroatoms. The topological polar surface area (TPSA) is 13.1 Å². The number of hydrogen-bond acceptors (Lipinski definition) is 1. The van der Waals surface area contributed by atoms with Crippen LogP contribution in [0.5, 0.6) is 0 Å². The zero-order chi connectivity index (χ0) is 10.1. The van der Waals surface area contributed by atoms with Crippen molar-refractivity contribution >= 4 is 22.6 Å². The number of rotatable bonds is 1. The fourth-order valence-corrected chi connectivity index (χ4v) is 1.58.